The minimum atomic E-state index is -0.370. The number of aromatic nitrogens is 4. The average molecular weight is 430 g/mol. The van der Waals surface area contributed by atoms with Crippen molar-refractivity contribution in [3.05, 3.63) is 77.4 Å². The monoisotopic (exact) mass is 430 g/mol. The molecule has 0 aliphatic carbocycles. The summed E-state index contributed by atoms with van der Waals surface area (Å²) in [5.74, 6) is 1.54. The number of carbonyl (C=O) groups is 1. The summed E-state index contributed by atoms with van der Waals surface area (Å²) in [4.78, 5) is 34.5. The summed E-state index contributed by atoms with van der Waals surface area (Å²) in [5, 5.41) is 0. The Labute approximate surface area is 184 Å². The van der Waals surface area contributed by atoms with Crippen LogP contribution in [0.2, 0.25) is 0 Å². The molecule has 0 amide bonds. The van der Waals surface area contributed by atoms with E-state index in [0.717, 1.165) is 5.75 Å². The number of imidazole rings is 1. The Balaban J connectivity index is 2.04. The van der Waals surface area contributed by atoms with Crippen LogP contribution in [-0.2, 0) is 6.54 Å². The van der Waals surface area contributed by atoms with Gasteiger partial charge in [0.25, 0.3) is 0 Å². The maximum atomic E-state index is 13.4. The molecule has 2 aromatic carbocycles. The van der Waals surface area contributed by atoms with Crippen molar-refractivity contribution in [2.24, 2.45) is 0 Å². The predicted molar refractivity (Wildman–Crippen MR) is 122 cm³/mol. The van der Waals surface area contributed by atoms with Gasteiger partial charge in [-0.2, -0.15) is 0 Å². The number of allylic oxidation sites excluding steroid dienone is 1. The zero-order valence-electron chi connectivity index (χ0n) is 17.8. The van der Waals surface area contributed by atoms with Gasteiger partial charge in [-0.15, -0.1) is 6.58 Å². The van der Waals surface area contributed by atoms with Crippen LogP contribution in [0.5, 0.6) is 11.5 Å². The summed E-state index contributed by atoms with van der Waals surface area (Å²) in [6.45, 7) is 6.39. The first-order valence-electron chi connectivity index (χ1n) is 10.1. The van der Waals surface area contributed by atoms with Crippen LogP contribution in [-0.4, -0.2) is 39.1 Å². The molecular formula is C24H22N4O4. The summed E-state index contributed by atoms with van der Waals surface area (Å²) in [5.41, 5.74) is 1.60. The molecule has 0 atom stereocenters. The lowest BCUT2D eigenvalue weighted by atomic mass is 10.2. The summed E-state index contributed by atoms with van der Waals surface area (Å²) >= 11 is 0. The van der Waals surface area contributed by atoms with Crippen LogP contribution in [0.1, 0.15) is 17.4 Å². The lowest BCUT2D eigenvalue weighted by molar-refractivity contribution is 0.112. The van der Waals surface area contributed by atoms with Crippen LogP contribution in [0.15, 0.2) is 66.0 Å². The normalized spacial score (nSPS) is 10.8. The summed E-state index contributed by atoms with van der Waals surface area (Å²) in [6.07, 6.45) is 2.22. The van der Waals surface area contributed by atoms with E-state index in [0.29, 0.717) is 46.9 Å². The Morgan fingerprint density at radius 3 is 2.50 bits per heavy atom. The van der Waals surface area contributed by atoms with Gasteiger partial charge in [-0.3, -0.25) is 9.36 Å². The first-order valence-corrected chi connectivity index (χ1v) is 10.1. The molecule has 0 aliphatic heterocycles. The molecule has 8 heteroatoms. The third kappa shape index (κ3) is 3.56. The fourth-order valence-electron chi connectivity index (χ4n) is 3.59. The molecule has 2 aromatic heterocycles. The van der Waals surface area contributed by atoms with Crippen molar-refractivity contribution in [1.82, 2.24) is 19.1 Å². The second-order valence-corrected chi connectivity index (χ2v) is 6.87. The highest BCUT2D eigenvalue weighted by molar-refractivity contribution is 5.93. The quantitative estimate of drug-likeness (QED) is 0.313. The standard InChI is InChI=1S/C24H22N4O4/c1-4-14-27-21-18(15-29)25-22(16-10-12-17(13-11-16)32-5-2)26-23(21)28(24(27)30)19-8-6-7-9-20(19)31-3/h4,6-13,15H,1,5,14H2,2-3H3. The van der Waals surface area contributed by atoms with Gasteiger partial charge >= 0.3 is 5.69 Å². The topological polar surface area (TPSA) is 88.2 Å². The van der Waals surface area contributed by atoms with Gasteiger partial charge in [0.15, 0.2) is 17.8 Å². The number of para-hydroxylation sites is 2. The van der Waals surface area contributed by atoms with E-state index in [1.807, 2.05) is 37.3 Å². The van der Waals surface area contributed by atoms with Crippen molar-refractivity contribution in [2.75, 3.05) is 13.7 Å². The number of aldehydes is 1. The molecule has 0 fully saturated rings. The predicted octanol–water partition coefficient (Wildman–Crippen LogP) is 3.66. The molecule has 0 unspecified atom stereocenters. The molecule has 0 saturated heterocycles. The summed E-state index contributed by atoms with van der Waals surface area (Å²) < 4.78 is 13.8. The van der Waals surface area contributed by atoms with E-state index < -0.39 is 0 Å². The van der Waals surface area contributed by atoms with Crippen molar-refractivity contribution in [2.45, 2.75) is 13.5 Å². The average Bonchev–Trinajstić information content (AvgIpc) is 3.10. The van der Waals surface area contributed by atoms with Crippen LogP contribution >= 0.6 is 0 Å². The highest BCUT2D eigenvalue weighted by atomic mass is 16.5. The number of ether oxygens (including phenoxy) is 2. The molecule has 0 spiro atoms. The Bertz CT molecular complexity index is 1350. The second-order valence-electron chi connectivity index (χ2n) is 6.87. The van der Waals surface area contributed by atoms with Crippen LogP contribution in [0, 0.1) is 0 Å². The molecule has 0 bridgehead atoms. The lowest BCUT2D eigenvalue weighted by Gasteiger charge is -2.09. The van der Waals surface area contributed by atoms with Gasteiger partial charge < -0.3 is 9.47 Å². The number of carbonyl (C=O) groups excluding carboxylic acids is 1. The number of rotatable bonds is 8. The van der Waals surface area contributed by atoms with Gasteiger partial charge in [0.1, 0.15) is 22.7 Å². The van der Waals surface area contributed by atoms with Gasteiger partial charge in [-0.1, -0.05) is 18.2 Å². The minimum absolute atomic E-state index is 0.117. The lowest BCUT2D eigenvalue weighted by Crippen LogP contribution is -2.23. The minimum Gasteiger partial charge on any atom is -0.495 e. The molecule has 4 aromatic rings. The first kappa shape index (κ1) is 21.0. The van der Waals surface area contributed by atoms with E-state index >= 15 is 0 Å². The molecule has 32 heavy (non-hydrogen) atoms. The maximum absolute atomic E-state index is 13.4. The maximum Gasteiger partial charge on any atom is 0.335 e. The van der Waals surface area contributed by atoms with Gasteiger partial charge in [0, 0.05) is 12.1 Å². The Morgan fingerprint density at radius 2 is 1.84 bits per heavy atom. The van der Waals surface area contributed by atoms with E-state index in [1.54, 1.807) is 24.3 Å². The van der Waals surface area contributed by atoms with Gasteiger partial charge in [0.2, 0.25) is 0 Å². The highest BCUT2D eigenvalue weighted by Crippen LogP contribution is 2.28. The van der Waals surface area contributed by atoms with Crippen LogP contribution in [0.3, 0.4) is 0 Å². The Morgan fingerprint density at radius 1 is 1.09 bits per heavy atom. The first-order chi connectivity index (χ1) is 15.6. The third-order valence-corrected chi connectivity index (χ3v) is 4.97. The molecule has 2 heterocycles. The zero-order valence-corrected chi connectivity index (χ0v) is 17.8. The van der Waals surface area contributed by atoms with Crippen LogP contribution in [0.25, 0.3) is 28.2 Å². The second kappa shape index (κ2) is 8.89. The SMILES string of the molecule is C=CCn1c(=O)n(-c2ccccc2OC)c2nc(-c3ccc(OCC)cc3)nc(C=O)c21. The molecule has 0 saturated carbocycles. The van der Waals surface area contributed by atoms with Crippen LogP contribution in [0.4, 0.5) is 0 Å². The van der Waals surface area contributed by atoms with Crippen molar-refractivity contribution in [1.29, 1.82) is 0 Å². The largest absolute Gasteiger partial charge is 0.495 e. The molecule has 0 aliphatic rings. The van der Waals surface area contributed by atoms with Gasteiger partial charge in [0.05, 0.1) is 19.4 Å². The van der Waals surface area contributed by atoms with Crippen molar-refractivity contribution >= 4 is 17.5 Å². The molecule has 8 nitrogen and oxygen atoms in total. The van der Waals surface area contributed by atoms with E-state index in [1.165, 1.54) is 16.2 Å². The third-order valence-electron chi connectivity index (χ3n) is 4.97. The number of nitrogens with zero attached hydrogens (tertiary/aromatic N) is 4. The van der Waals surface area contributed by atoms with E-state index in [-0.39, 0.29) is 17.9 Å². The van der Waals surface area contributed by atoms with Gasteiger partial charge in [-0.25, -0.2) is 19.3 Å². The molecule has 162 valence electrons. The number of hydrogen-bond donors (Lipinski definition) is 0. The van der Waals surface area contributed by atoms with E-state index in [9.17, 15) is 9.59 Å². The zero-order chi connectivity index (χ0) is 22.7. The number of hydrogen-bond acceptors (Lipinski definition) is 6. The fraction of sp³-hybridized carbons (Fsp3) is 0.167. The molecule has 4 rings (SSSR count). The van der Waals surface area contributed by atoms with Crippen molar-refractivity contribution < 1.29 is 14.3 Å². The number of fused-ring (bicyclic) bond motifs is 1. The Kier molecular flexibility index (Phi) is 5.85. The molecule has 0 N–H and O–H groups in total. The molecular weight excluding hydrogens is 408 g/mol. The Hall–Kier alpha value is -4.20. The number of methoxy groups -OCH3 is 1. The summed E-state index contributed by atoms with van der Waals surface area (Å²) in [7, 11) is 1.53. The van der Waals surface area contributed by atoms with Crippen molar-refractivity contribution in [3.8, 4) is 28.6 Å². The highest BCUT2D eigenvalue weighted by Gasteiger charge is 2.22. The van der Waals surface area contributed by atoms with Crippen LogP contribution < -0.4 is 15.2 Å². The summed E-state index contributed by atoms with van der Waals surface area (Å²) in [6, 6.07) is 14.4. The fourth-order valence-corrected chi connectivity index (χ4v) is 3.59. The van der Waals surface area contributed by atoms with E-state index in [4.69, 9.17) is 9.47 Å². The smallest absolute Gasteiger partial charge is 0.335 e. The number of benzene rings is 2. The van der Waals surface area contributed by atoms with Crippen molar-refractivity contribution in [3.63, 3.8) is 0 Å². The van der Waals surface area contributed by atoms with E-state index in [2.05, 4.69) is 16.5 Å². The molecule has 0 radical (unpaired) electrons. The van der Waals surface area contributed by atoms with Gasteiger partial charge in [-0.05, 0) is 43.3 Å².